The molecular formula is C15H20BrNO2. The Morgan fingerprint density at radius 2 is 2.26 bits per heavy atom. The third-order valence-corrected chi connectivity index (χ3v) is 4.04. The average Bonchev–Trinajstić information content (AvgIpc) is 2.47. The van der Waals surface area contributed by atoms with Crippen molar-refractivity contribution >= 4 is 21.8 Å². The maximum Gasteiger partial charge on any atom is 0.229 e. The molecule has 104 valence electrons. The number of fused-ring (bicyclic) bond motifs is 1. The average molecular weight is 326 g/mol. The van der Waals surface area contributed by atoms with Crippen LogP contribution in [0.1, 0.15) is 18.9 Å². The summed E-state index contributed by atoms with van der Waals surface area (Å²) in [5, 5.41) is 0.931. The number of carbonyl (C=O) groups excluding carboxylic acids is 1. The normalized spacial score (nSPS) is 17.5. The lowest BCUT2D eigenvalue weighted by molar-refractivity contribution is -0.136. The first-order chi connectivity index (χ1) is 9.26. The van der Waals surface area contributed by atoms with Crippen molar-refractivity contribution < 1.29 is 9.53 Å². The molecule has 2 rings (SSSR count). The van der Waals surface area contributed by atoms with Crippen LogP contribution in [0.15, 0.2) is 24.3 Å². The summed E-state index contributed by atoms with van der Waals surface area (Å²) in [5.41, 5.74) is 1.14. The first-order valence-corrected chi connectivity index (χ1v) is 7.93. The van der Waals surface area contributed by atoms with Gasteiger partial charge in [0.1, 0.15) is 12.4 Å². The highest BCUT2D eigenvalue weighted by molar-refractivity contribution is 9.09. The summed E-state index contributed by atoms with van der Waals surface area (Å²) in [6, 6.07) is 7.98. The Morgan fingerprint density at radius 1 is 1.47 bits per heavy atom. The molecule has 0 saturated carbocycles. The van der Waals surface area contributed by atoms with Crippen molar-refractivity contribution in [3.05, 3.63) is 29.8 Å². The first kappa shape index (κ1) is 14.4. The zero-order chi connectivity index (χ0) is 13.7. The van der Waals surface area contributed by atoms with Crippen LogP contribution in [0.25, 0.3) is 0 Å². The SMILES string of the molecule is CCN(CCCBr)C(=O)C1COc2ccccc2C1. The summed E-state index contributed by atoms with van der Waals surface area (Å²) in [6.45, 7) is 4.12. The number of ether oxygens (including phenoxy) is 1. The topological polar surface area (TPSA) is 29.5 Å². The van der Waals surface area contributed by atoms with Crippen molar-refractivity contribution in [1.29, 1.82) is 0 Å². The molecule has 0 aromatic heterocycles. The molecule has 1 heterocycles. The number of hydrogen-bond acceptors (Lipinski definition) is 2. The number of benzene rings is 1. The molecule has 0 aliphatic carbocycles. The molecule has 19 heavy (non-hydrogen) atoms. The minimum atomic E-state index is -0.0369. The van der Waals surface area contributed by atoms with E-state index in [1.54, 1.807) is 0 Å². The molecule has 0 fully saturated rings. The molecule has 0 spiro atoms. The fourth-order valence-corrected chi connectivity index (χ4v) is 2.67. The number of halogens is 1. The van der Waals surface area contributed by atoms with Gasteiger partial charge in [-0.25, -0.2) is 0 Å². The van der Waals surface area contributed by atoms with Gasteiger partial charge in [0.05, 0.1) is 5.92 Å². The maximum atomic E-state index is 12.5. The molecule has 0 N–H and O–H groups in total. The van der Waals surface area contributed by atoms with Crippen molar-refractivity contribution in [2.45, 2.75) is 19.8 Å². The van der Waals surface area contributed by atoms with Crippen LogP contribution in [-0.4, -0.2) is 35.8 Å². The Morgan fingerprint density at radius 3 is 3.00 bits per heavy atom. The van der Waals surface area contributed by atoms with E-state index in [0.29, 0.717) is 6.61 Å². The van der Waals surface area contributed by atoms with Gasteiger partial charge in [-0.15, -0.1) is 0 Å². The molecule has 3 nitrogen and oxygen atoms in total. The van der Waals surface area contributed by atoms with Gasteiger partial charge in [0.15, 0.2) is 0 Å². The van der Waals surface area contributed by atoms with Gasteiger partial charge in [-0.2, -0.15) is 0 Å². The smallest absolute Gasteiger partial charge is 0.229 e. The number of amides is 1. The van der Waals surface area contributed by atoms with Crippen molar-refractivity contribution in [3.8, 4) is 5.75 Å². The molecule has 0 saturated heterocycles. The molecule has 1 atom stereocenters. The lowest BCUT2D eigenvalue weighted by atomic mass is 9.95. The Balaban J connectivity index is 2.01. The molecule has 1 aromatic rings. The quantitative estimate of drug-likeness (QED) is 0.779. The van der Waals surface area contributed by atoms with Crippen LogP contribution < -0.4 is 4.74 Å². The summed E-state index contributed by atoms with van der Waals surface area (Å²) >= 11 is 3.41. The van der Waals surface area contributed by atoms with Gasteiger partial charge >= 0.3 is 0 Å². The number of hydrogen-bond donors (Lipinski definition) is 0. The van der Waals surface area contributed by atoms with E-state index in [1.165, 1.54) is 0 Å². The first-order valence-electron chi connectivity index (χ1n) is 6.81. The number of para-hydroxylation sites is 1. The molecule has 1 aliphatic rings. The van der Waals surface area contributed by atoms with E-state index in [0.717, 1.165) is 42.6 Å². The molecule has 0 bridgehead atoms. The minimum absolute atomic E-state index is 0.0369. The molecule has 1 aliphatic heterocycles. The molecule has 0 radical (unpaired) electrons. The van der Waals surface area contributed by atoms with Crippen molar-refractivity contribution in [2.24, 2.45) is 5.92 Å². The zero-order valence-corrected chi connectivity index (χ0v) is 12.9. The van der Waals surface area contributed by atoms with Crippen LogP contribution in [-0.2, 0) is 11.2 Å². The van der Waals surface area contributed by atoms with Crippen molar-refractivity contribution in [2.75, 3.05) is 25.0 Å². The third-order valence-electron chi connectivity index (χ3n) is 3.48. The van der Waals surface area contributed by atoms with Gasteiger partial charge in [-0.1, -0.05) is 34.1 Å². The molecule has 1 aromatic carbocycles. The van der Waals surface area contributed by atoms with Crippen molar-refractivity contribution in [3.63, 3.8) is 0 Å². The van der Waals surface area contributed by atoms with Gasteiger partial charge in [0, 0.05) is 18.4 Å². The number of nitrogens with zero attached hydrogens (tertiary/aromatic N) is 1. The van der Waals surface area contributed by atoms with Crippen LogP contribution in [0.3, 0.4) is 0 Å². The third kappa shape index (κ3) is 3.50. The highest BCUT2D eigenvalue weighted by Crippen LogP contribution is 2.27. The number of alkyl halides is 1. The van der Waals surface area contributed by atoms with Crippen LogP contribution in [0.4, 0.5) is 0 Å². The number of carbonyl (C=O) groups is 1. The standard InChI is InChI=1S/C15H20BrNO2/c1-2-17(9-5-8-16)15(18)13-10-12-6-3-4-7-14(12)19-11-13/h3-4,6-7,13H,2,5,8-11H2,1H3. The fraction of sp³-hybridized carbons (Fsp3) is 0.533. The predicted octanol–water partition coefficient (Wildman–Crippen LogP) is 2.87. The van der Waals surface area contributed by atoms with E-state index in [2.05, 4.69) is 15.9 Å². The summed E-state index contributed by atoms with van der Waals surface area (Å²) in [5.74, 6) is 1.11. The summed E-state index contributed by atoms with van der Waals surface area (Å²) in [7, 11) is 0. The van der Waals surface area contributed by atoms with Crippen LogP contribution >= 0.6 is 15.9 Å². The Labute approximate surface area is 123 Å². The second-order valence-corrected chi connectivity index (χ2v) is 5.57. The van der Waals surface area contributed by atoms with E-state index in [4.69, 9.17) is 4.74 Å². The van der Waals surface area contributed by atoms with Gasteiger partial charge < -0.3 is 9.64 Å². The van der Waals surface area contributed by atoms with Gasteiger partial charge in [0.25, 0.3) is 0 Å². The van der Waals surface area contributed by atoms with Gasteiger partial charge in [-0.3, -0.25) is 4.79 Å². The summed E-state index contributed by atoms with van der Waals surface area (Å²) in [4.78, 5) is 14.4. The van der Waals surface area contributed by atoms with E-state index in [-0.39, 0.29) is 11.8 Å². The lowest BCUT2D eigenvalue weighted by Gasteiger charge is -2.29. The zero-order valence-electron chi connectivity index (χ0n) is 11.3. The second-order valence-electron chi connectivity index (χ2n) is 4.78. The van der Waals surface area contributed by atoms with Crippen LogP contribution in [0, 0.1) is 5.92 Å². The Hall–Kier alpha value is -1.03. The van der Waals surface area contributed by atoms with Gasteiger partial charge in [-0.05, 0) is 31.4 Å². The molecule has 1 unspecified atom stereocenters. The maximum absolute atomic E-state index is 12.5. The lowest BCUT2D eigenvalue weighted by Crippen LogP contribution is -2.41. The van der Waals surface area contributed by atoms with Crippen molar-refractivity contribution in [1.82, 2.24) is 4.90 Å². The van der Waals surface area contributed by atoms with Gasteiger partial charge in [0.2, 0.25) is 5.91 Å². The molecule has 4 heteroatoms. The van der Waals surface area contributed by atoms with E-state index >= 15 is 0 Å². The summed E-state index contributed by atoms with van der Waals surface area (Å²) in [6.07, 6.45) is 1.78. The Bertz CT molecular complexity index is 436. The van der Waals surface area contributed by atoms with E-state index < -0.39 is 0 Å². The van der Waals surface area contributed by atoms with E-state index in [1.807, 2.05) is 36.1 Å². The fourth-order valence-electron chi connectivity index (χ4n) is 2.42. The van der Waals surface area contributed by atoms with Crippen LogP contribution in [0.5, 0.6) is 5.75 Å². The number of rotatable bonds is 5. The van der Waals surface area contributed by atoms with E-state index in [9.17, 15) is 4.79 Å². The highest BCUT2D eigenvalue weighted by atomic mass is 79.9. The van der Waals surface area contributed by atoms with Crippen LogP contribution in [0.2, 0.25) is 0 Å². The predicted molar refractivity (Wildman–Crippen MR) is 79.8 cm³/mol. The second kappa shape index (κ2) is 6.94. The monoisotopic (exact) mass is 325 g/mol. The summed E-state index contributed by atoms with van der Waals surface area (Å²) < 4.78 is 5.70. The molecular weight excluding hydrogens is 306 g/mol. The largest absolute Gasteiger partial charge is 0.492 e. The molecule has 1 amide bonds. The Kier molecular flexibility index (Phi) is 5.25. The highest BCUT2D eigenvalue weighted by Gasteiger charge is 2.28. The minimum Gasteiger partial charge on any atom is -0.492 e.